The summed E-state index contributed by atoms with van der Waals surface area (Å²) in [4.78, 5) is 35.0. The molecular formula is C11H12N2O6S. The molecule has 0 radical (unpaired) electrons. The second-order valence-corrected chi connectivity index (χ2v) is 5.22. The number of likely N-dealkylation sites (N-methyl/N-ethyl adjacent to an activating group) is 1. The first-order chi connectivity index (χ1) is 9.45. The van der Waals surface area contributed by atoms with Gasteiger partial charge in [0.15, 0.2) is 6.10 Å². The Balaban J connectivity index is 2.41. The lowest BCUT2D eigenvalue weighted by Gasteiger charge is -2.37. The predicted molar refractivity (Wildman–Crippen MR) is 68.5 cm³/mol. The van der Waals surface area contributed by atoms with E-state index in [0.29, 0.717) is 11.4 Å². The number of morpholine rings is 1. The van der Waals surface area contributed by atoms with E-state index in [0.717, 1.165) is 11.3 Å². The summed E-state index contributed by atoms with van der Waals surface area (Å²) in [5, 5.41) is 19.8. The van der Waals surface area contributed by atoms with Crippen LogP contribution in [0.5, 0.6) is 0 Å². The molecule has 2 atom stereocenters. The van der Waals surface area contributed by atoms with Crippen molar-refractivity contribution in [1.82, 2.24) is 4.90 Å². The van der Waals surface area contributed by atoms with Crippen LogP contribution in [0.3, 0.4) is 0 Å². The zero-order valence-corrected chi connectivity index (χ0v) is 11.3. The van der Waals surface area contributed by atoms with Crippen molar-refractivity contribution in [2.45, 2.75) is 19.1 Å². The van der Waals surface area contributed by atoms with E-state index < -0.39 is 23.0 Å². The molecule has 0 spiro atoms. The molecule has 1 fully saturated rings. The number of ether oxygens (including phenoxy) is 1. The fraction of sp³-hybridized carbons (Fsp3) is 0.455. The smallest absolute Gasteiger partial charge is 0.335 e. The third-order valence-corrected chi connectivity index (χ3v) is 4.10. The number of thiophene rings is 1. The maximum absolute atomic E-state index is 11.8. The number of rotatable bonds is 4. The summed E-state index contributed by atoms with van der Waals surface area (Å²) in [5.74, 6) is -1.52. The molecule has 0 aromatic carbocycles. The normalized spacial score (nSPS) is 22.9. The lowest BCUT2D eigenvalue weighted by atomic mass is 10.1. The van der Waals surface area contributed by atoms with Gasteiger partial charge in [-0.2, -0.15) is 0 Å². The van der Waals surface area contributed by atoms with Crippen molar-refractivity contribution in [2.75, 3.05) is 13.2 Å². The molecule has 0 aliphatic carbocycles. The number of carbonyl (C=O) groups excluding carboxylic acids is 1. The third kappa shape index (κ3) is 2.49. The molecule has 1 aromatic rings. The van der Waals surface area contributed by atoms with Crippen LogP contribution in [0.25, 0.3) is 0 Å². The summed E-state index contributed by atoms with van der Waals surface area (Å²) < 4.78 is 5.07. The lowest BCUT2D eigenvalue weighted by molar-refractivity contribution is -0.380. The highest BCUT2D eigenvalue weighted by atomic mass is 32.1. The Morgan fingerprint density at radius 3 is 2.85 bits per heavy atom. The molecule has 1 N–H and O–H groups in total. The lowest BCUT2D eigenvalue weighted by Crippen LogP contribution is -2.51. The van der Waals surface area contributed by atoms with Crippen LogP contribution in [0.1, 0.15) is 17.8 Å². The van der Waals surface area contributed by atoms with Gasteiger partial charge in [-0.05, 0) is 13.0 Å². The Kier molecular flexibility index (Phi) is 4.00. The molecule has 0 bridgehead atoms. The van der Waals surface area contributed by atoms with E-state index in [1.54, 1.807) is 6.92 Å². The van der Waals surface area contributed by atoms with Crippen molar-refractivity contribution >= 4 is 28.2 Å². The van der Waals surface area contributed by atoms with E-state index in [2.05, 4.69) is 0 Å². The molecule has 2 heterocycles. The molecule has 8 nitrogen and oxygen atoms in total. The van der Waals surface area contributed by atoms with Gasteiger partial charge >= 0.3 is 11.0 Å². The Hall–Kier alpha value is -2.00. The molecule has 9 heteroatoms. The van der Waals surface area contributed by atoms with Gasteiger partial charge in [-0.15, -0.1) is 0 Å². The molecule has 0 saturated carbocycles. The molecule has 1 aliphatic rings. The minimum absolute atomic E-state index is 0.0989. The number of carboxylic acids is 1. The van der Waals surface area contributed by atoms with Crippen molar-refractivity contribution in [1.29, 1.82) is 0 Å². The summed E-state index contributed by atoms with van der Waals surface area (Å²) in [6, 6.07) is 1.93. The third-order valence-electron chi connectivity index (χ3n) is 3.00. The number of nitrogens with zero attached hydrogens (tertiary/aromatic N) is 2. The van der Waals surface area contributed by atoms with E-state index in [4.69, 9.17) is 4.74 Å². The minimum atomic E-state index is -1.22. The van der Waals surface area contributed by atoms with Gasteiger partial charge in [-0.1, -0.05) is 11.3 Å². The summed E-state index contributed by atoms with van der Waals surface area (Å²) in [6.07, 6.45) is -1.22. The zero-order chi connectivity index (χ0) is 14.9. The molecule has 1 aromatic heterocycles. The Labute approximate surface area is 117 Å². The first kappa shape index (κ1) is 14.4. The van der Waals surface area contributed by atoms with Gasteiger partial charge in [0.2, 0.25) is 5.91 Å². The molecule has 2 rings (SSSR count). The molecule has 1 saturated heterocycles. The van der Waals surface area contributed by atoms with E-state index in [1.165, 1.54) is 17.0 Å². The van der Waals surface area contributed by atoms with E-state index in [9.17, 15) is 24.8 Å². The summed E-state index contributed by atoms with van der Waals surface area (Å²) in [7, 11) is 0. The SMILES string of the molecule is CCN1C(=O)COC(C(=O)O)C1c1ccc([N+](=O)[O-])s1. The van der Waals surface area contributed by atoms with Crippen LogP contribution in [-0.2, 0) is 14.3 Å². The van der Waals surface area contributed by atoms with Crippen molar-refractivity contribution in [3.63, 3.8) is 0 Å². The van der Waals surface area contributed by atoms with E-state index in [1.807, 2.05) is 0 Å². The number of nitro groups is 1. The standard InChI is InChI=1S/C11H12N2O6S/c1-2-12-7(14)5-19-10(11(15)16)9(12)6-3-4-8(20-6)13(17)18/h3-4,9-10H,2,5H2,1H3,(H,15,16). The van der Waals surface area contributed by atoms with Crippen LogP contribution in [-0.4, -0.2) is 46.1 Å². The number of hydrogen-bond donors (Lipinski definition) is 1. The molecule has 1 amide bonds. The fourth-order valence-corrected chi connectivity index (χ4v) is 3.09. The summed E-state index contributed by atoms with van der Waals surface area (Å²) >= 11 is 0.854. The number of carbonyl (C=O) groups is 2. The summed E-state index contributed by atoms with van der Waals surface area (Å²) in [5.41, 5.74) is 0. The van der Waals surface area contributed by atoms with Gasteiger partial charge < -0.3 is 14.7 Å². The second kappa shape index (κ2) is 5.55. The Morgan fingerprint density at radius 2 is 2.35 bits per heavy atom. The number of carboxylic acid groups (broad SMARTS) is 1. The number of hydrogen-bond acceptors (Lipinski definition) is 6. The van der Waals surface area contributed by atoms with Crippen LogP contribution in [0.15, 0.2) is 12.1 Å². The van der Waals surface area contributed by atoms with Gasteiger partial charge in [-0.25, -0.2) is 4.79 Å². The topological polar surface area (TPSA) is 110 Å². The average Bonchev–Trinajstić information content (AvgIpc) is 2.87. The van der Waals surface area contributed by atoms with Gasteiger partial charge in [0.1, 0.15) is 12.6 Å². The maximum Gasteiger partial charge on any atom is 0.335 e. The van der Waals surface area contributed by atoms with Crippen LogP contribution >= 0.6 is 11.3 Å². The first-order valence-electron chi connectivity index (χ1n) is 5.83. The van der Waals surface area contributed by atoms with E-state index in [-0.39, 0.29) is 17.5 Å². The Morgan fingerprint density at radius 1 is 1.65 bits per heavy atom. The highest BCUT2D eigenvalue weighted by Crippen LogP contribution is 2.37. The zero-order valence-electron chi connectivity index (χ0n) is 10.5. The van der Waals surface area contributed by atoms with Crippen LogP contribution in [0.4, 0.5) is 5.00 Å². The number of amides is 1. The monoisotopic (exact) mass is 300 g/mol. The molecular weight excluding hydrogens is 288 g/mol. The van der Waals surface area contributed by atoms with Crippen molar-refractivity contribution in [2.24, 2.45) is 0 Å². The fourth-order valence-electron chi connectivity index (χ4n) is 2.14. The molecule has 108 valence electrons. The molecule has 2 unspecified atom stereocenters. The van der Waals surface area contributed by atoms with Gasteiger partial charge in [0, 0.05) is 17.5 Å². The van der Waals surface area contributed by atoms with Gasteiger partial charge in [-0.3, -0.25) is 14.9 Å². The van der Waals surface area contributed by atoms with Crippen LogP contribution < -0.4 is 0 Å². The first-order valence-corrected chi connectivity index (χ1v) is 6.65. The minimum Gasteiger partial charge on any atom is -0.479 e. The van der Waals surface area contributed by atoms with Crippen LogP contribution in [0.2, 0.25) is 0 Å². The quantitative estimate of drug-likeness (QED) is 0.657. The second-order valence-electron chi connectivity index (χ2n) is 4.13. The maximum atomic E-state index is 11.8. The highest BCUT2D eigenvalue weighted by Gasteiger charge is 2.42. The Bertz CT molecular complexity index is 555. The van der Waals surface area contributed by atoms with Crippen molar-refractivity contribution < 1.29 is 24.4 Å². The van der Waals surface area contributed by atoms with Gasteiger partial charge in [0.05, 0.1) is 4.92 Å². The van der Waals surface area contributed by atoms with E-state index >= 15 is 0 Å². The average molecular weight is 300 g/mol. The molecule has 20 heavy (non-hydrogen) atoms. The van der Waals surface area contributed by atoms with Crippen LogP contribution in [0, 0.1) is 10.1 Å². The van der Waals surface area contributed by atoms with Gasteiger partial charge in [0.25, 0.3) is 0 Å². The van der Waals surface area contributed by atoms with Crippen molar-refractivity contribution in [3.05, 3.63) is 27.1 Å². The summed E-state index contributed by atoms with van der Waals surface area (Å²) in [6.45, 7) is 1.73. The predicted octanol–water partition coefficient (Wildman–Crippen LogP) is 1.03. The highest BCUT2D eigenvalue weighted by molar-refractivity contribution is 7.15. The largest absolute Gasteiger partial charge is 0.479 e. The molecule has 1 aliphatic heterocycles. The van der Waals surface area contributed by atoms with Crippen molar-refractivity contribution in [3.8, 4) is 0 Å². The number of aliphatic carboxylic acids is 1.